The standard InChI is InChI=1S/C15H17NO/c1-15(2)8-13(7-14(17)9-15)12-5-3-11(10-16)4-6-12/h3-6,8,14,17H,7,9H2,1-2H3. The first-order valence-electron chi connectivity index (χ1n) is 5.90. The number of nitrogens with zero attached hydrogens (tertiary/aromatic N) is 1. The summed E-state index contributed by atoms with van der Waals surface area (Å²) in [5.41, 5.74) is 3.00. The van der Waals surface area contributed by atoms with Crippen LogP contribution in [0.1, 0.15) is 37.8 Å². The molecule has 17 heavy (non-hydrogen) atoms. The molecule has 0 saturated carbocycles. The molecule has 1 aliphatic carbocycles. The molecular formula is C15H17NO. The predicted octanol–water partition coefficient (Wildman–Crippen LogP) is 3.12. The van der Waals surface area contributed by atoms with Gasteiger partial charge in [-0.05, 0) is 41.5 Å². The number of hydrogen-bond donors (Lipinski definition) is 1. The van der Waals surface area contributed by atoms with Gasteiger partial charge in [-0.2, -0.15) is 5.26 Å². The largest absolute Gasteiger partial charge is 0.393 e. The second-order valence-electron chi connectivity index (χ2n) is 5.41. The van der Waals surface area contributed by atoms with Gasteiger partial charge >= 0.3 is 0 Å². The molecule has 0 heterocycles. The Morgan fingerprint density at radius 2 is 1.94 bits per heavy atom. The lowest BCUT2D eigenvalue weighted by atomic mass is 9.76. The summed E-state index contributed by atoms with van der Waals surface area (Å²) in [5.74, 6) is 0. The minimum Gasteiger partial charge on any atom is -0.393 e. The molecule has 1 N–H and O–H groups in total. The summed E-state index contributed by atoms with van der Waals surface area (Å²) in [5, 5.41) is 18.6. The third-order valence-electron chi connectivity index (χ3n) is 3.17. The second-order valence-corrected chi connectivity index (χ2v) is 5.41. The Morgan fingerprint density at radius 1 is 1.29 bits per heavy atom. The first kappa shape index (κ1) is 11.9. The van der Waals surface area contributed by atoms with Crippen molar-refractivity contribution >= 4 is 5.57 Å². The van der Waals surface area contributed by atoms with Crippen molar-refractivity contribution in [1.82, 2.24) is 0 Å². The highest BCUT2D eigenvalue weighted by Gasteiger charge is 2.26. The molecule has 0 radical (unpaired) electrons. The molecule has 1 aliphatic rings. The maximum Gasteiger partial charge on any atom is 0.0991 e. The van der Waals surface area contributed by atoms with E-state index in [4.69, 9.17) is 5.26 Å². The maximum absolute atomic E-state index is 9.88. The Balaban J connectivity index is 2.33. The van der Waals surface area contributed by atoms with Crippen molar-refractivity contribution in [2.45, 2.75) is 32.8 Å². The Bertz CT molecular complexity index is 477. The average molecular weight is 227 g/mol. The maximum atomic E-state index is 9.88. The van der Waals surface area contributed by atoms with E-state index in [1.54, 1.807) is 0 Å². The van der Waals surface area contributed by atoms with Gasteiger partial charge in [-0.3, -0.25) is 0 Å². The number of aliphatic hydroxyl groups is 1. The number of nitriles is 1. The Labute approximate surface area is 102 Å². The smallest absolute Gasteiger partial charge is 0.0991 e. The number of hydrogen-bond acceptors (Lipinski definition) is 2. The van der Waals surface area contributed by atoms with Crippen LogP contribution >= 0.6 is 0 Å². The minimum absolute atomic E-state index is 0.0426. The highest BCUT2D eigenvalue weighted by molar-refractivity contribution is 5.68. The number of allylic oxidation sites excluding steroid dienone is 1. The van der Waals surface area contributed by atoms with Crippen molar-refractivity contribution in [3.05, 3.63) is 41.5 Å². The molecule has 1 aromatic carbocycles. The van der Waals surface area contributed by atoms with E-state index in [1.165, 1.54) is 5.57 Å². The Hall–Kier alpha value is -1.59. The summed E-state index contributed by atoms with van der Waals surface area (Å²) in [6, 6.07) is 9.67. The van der Waals surface area contributed by atoms with Crippen LogP contribution in [0.25, 0.3) is 5.57 Å². The van der Waals surface area contributed by atoms with Crippen molar-refractivity contribution < 1.29 is 5.11 Å². The highest BCUT2D eigenvalue weighted by atomic mass is 16.3. The first-order valence-corrected chi connectivity index (χ1v) is 5.90. The van der Waals surface area contributed by atoms with E-state index in [9.17, 15) is 5.11 Å². The first-order chi connectivity index (χ1) is 8.00. The molecule has 0 spiro atoms. The summed E-state index contributed by atoms with van der Waals surface area (Å²) in [7, 11) is 0. The fraction of sp³-hybridized carbons (Fsp3) is 0.400. The summed E-state index contributed by atoms with van der Waals surface area (Å²) in [4.78, 5) is 0. The van der Waals surface area contributed by atoms with Crippen LogP contribution in [0.4, 0.5) is 0 Å². The van der Waals surface area contributed by atoms with Crippen LogP contribution in [0.15, 0.2) is 30.3 Å². The molecular weight excluding hydrogens is 210 g/mol. The van der Waals surface area contributed by atoms with Gasteiger partial charge in [0, 0.05) is 0 Å². The van der Waals surface area contributed by atoms with Crippen molar-refractivity contribution in [3.63, 3.8) is 0 Å². The SMILES string of the molecule is CC1(C)C=C(c2ccc(C#N)cc2)CC(O)C1. The molecule has 1 aromatic rings. The fourth-order valence-corrected chi connectivity index (χ4v) is 2.48. The van der Waals surface area contributed by atoms with Gasteiger partial charge in [0.05, 0.1) is 17.7 Å². The van der Waals surface area contributed by atoms with Gasteiger partial charge in [0.2, 0.25) is 0 Å². The van der Waals surface area contributed by atoms with Gasteiger partial charge in [-0.15, -0.1) is 0 Å². The zero-order valence-corrected chi connectivity index (χ0v) is 10.3. The van der Waals surface area contributed by atoms with Gasteiger partial charge in [0.15, 0.2) is 0 Å². The average Bonchev–Trinajstić information content (AvgIpc) is 2.26. The topological polar surface area (TPSA) is 44.0 Å². The zero-order valence-electron chi connectivity index (χ0n) is 10.3. The second kappa shape index (κ2) is 4.35. The van der Waals surface area contributed by atoms with Gasteiger partial charge in [0.25, 0.3) is 0 Å². The van der Waals surface area contributed by atoms with E-state index in [0.29, 0.717) is 12.0 Å². The third-order valence-corrected chi connectivity index (χ3v) is 3.17. The van der Waals surface area contributed by atoms with Crippen LogP contribution in [0.2, 0.25) is 0 Å². The molecule has 88 valence electrons. The molecule has 0 aliphatic heterocycles. The molecule has 0 aromatic heterocycles. The minimum atomic E-state index is -0.263. The van der Waals surface area contributed by atoms with Gasteiger partial charge in [-0.25, -0.2) is 0 Å². The molecule has 0 bridgehead atoms. The van der Waals surface area contributed by atoms with E-state index in [2.05, 4.69) is 26.0 Å². The summed E-state index contributed by atoms with van der Waals surface area (Å²) >= 11 is 0. The fourth-order valence-electron chi connectivity index (χ4n) is 2.48. The molecule has 0 fully saturated rings. The van der Waals surface area contributed by atoms with Crippen molar-refractivity contribution in [1.29, 1.82) is 5.26 Å². The van der Waals surface area contributed by atoms with Crippen molar-refractivity contribution in [3.8, 4) is 6.07 Å². The van der Waals surface area contributed by atoms with Crippen LogP contribution in [0, 0.1) is 16.7 Å². The molecule has 2 nitrogen and oxygen atoms in total. The summed E-state index contributed by atoms with van der Waals surface area (Å²) in [6.07, 6.45) is 3.49. The van der Waals surface area contributed by atoms with Crippen LogP contribution < -0.4 is 0 Å². The normalized spacial score (nSPS) is 22.7. The lowest BCUT2D eigenvalue weighted by Gasteiger charge is -2.31. The van der Waals surface area contributed by atoms with E-state index in [1.807, 2.05) is 24.3 Å². The van der Waals surface area contributed by atoms with E-state index < -0.39 is 0 Å². The molecule has 1 atom stereocenters. The number of rotatable bonds is 1. The van der Waals surface area contributed by atoms with Crippen LogP contribution in [-0.2, 0) is 0 Å². The molecule has 0 saturated heterocycles. The Kier molecular flexibility index (Phi) is 3.04. The molecule has 2 rings (SSSR count). The van der Waals surface area contributed by atoms with E-state index in [0.717, 1.165) is 12.0 Å². The number of benzene rings is 1. The summed E-state index contributed by atoms with van der Waals surface area (Å²) < 4.78 is 0. The van der Waals surface area contributed by atoms with Crippen molar-refractivity contribution in [2.75, 3.05) is 0 Å². The summed E-state index contributed by atoms with van der Waals surface area (Å²) in [6.45, 7) is 4.28. The van der Waals surface area contributed by atoms with E-state index in [-0.39, 0.29) is 11.5 Å². The molecule has 2 heteroatoms. The van der Waals surface area contributed by atoms with E-state index >= 15 is 0 Å². The lowest BCUT2D eigenvalue weighted by Crippen LogP contribution is -2.24. The van der Waals surface area contributed by atoms with Crippen LogP contribution in [-0.4, -0.2) is 11.2 Å². The van der Waals surface area contributed by atoms with Gasteiger partial charge in [-0.1, -0.05) is 32.1 Å². The van der Waals surface area contributed by atoms with Crippen LogP contribution in [0.5, 0.6) is 0 Å². The molecule has 0 amide bonds. The Morgan fingerprint density at radius 3 is 2.47 bits per heavy atom. The predicted molar refractivity (Wildman–Crippen MR) is 68.2 cm³/mol. The number of aliphatic hydroxyl groups excluding tert-OH is 1. The van der Waals surface area contributed by atoms with Gasteiger partial charge < -0.3 is 5.11 Å². The van der Waals surface area contributed by atoms with Crippen LogP contribution in [0.3, 0.4) is 0 Å². The molecule has 1 unspecified atom stereocenters. The highest BCUT2D eigenvalue weighted by Crippen LogP contribution is 2.37. The van der Waals surface area contributed by atoms with Crippen molar-refractivity contribution in [2.24, 2.45) is 5.41 Å². The zero-order chi connectivity index (χ0) is 12.5. The quantitative estimate of drug-likeness (QED) is 0.801. The lowest BCUT2D eigenvalue weighted by molar-refractivity contribution is 0.128. The van der Waals surface area contributed by atoms with Gasteiger partial charge in [0.1, 0.15) is 0 Å². The third kappa shape index (κ3) is 2.75. The monoisotopic (exact) mass is 227 g/mol.